The molecule has 0 saturated carbocycles. The van der Waals surface area contributed by atoms with Crippen LogP contribution in [0.5, 0.6) is 11.5 Å². The Labute approximate surface area is 207 Å². The van der Waals surface area contributed by atoms with Crippen LogP contribution in [0.1, 0.15) is 95.4 Å². The lowest BCUT2D eigenvalue weighted by atomic mass is 9.86. The summed E-state index contributed by atoms with van der Waals surface area (Å²) in [7, 11) is -4.14. The summed E-state index contributed by atoms with van der Waals surface area (Å²) in [5.41, 5.74) is 3.86. The zero-order valence-electron chi connectivity index (χ0n) is 22.6. The third kappa shape index (κ3) is 8.14. The highest BCUT2D eigenvalue weighted by Gasteiger charge is 2.33. The van der Waals surface area contributed by atoms with Gasteiger partial charge in [0, 0.05) is 5.56 Å². The summed E-state index contributed by atoms with van der Waals surface area (Å²) in [5.74, 6) is 3.14. The van der Waals surface area contributed by atoms with E-state index in [1.165, 1.54) is 19.3 Å². The van der Waals surface area contributed by atoms with E-state index in [1.807, 2.05) is 20.8 Å². The Morgan fingerprint density at radius 2 is 1.79 bits per heavy atom. The Morgan fingerprint density at radius 3 is 2.38 bits per heavy atom. The molecule has 0 saturated heterocycles. The Morgan fingerprint density at radius 1 is 1.12 bits per heavy atom. The zero-order valence-corrected chi connectivity index (χ0v) is 23.5. The molecule has 3 atom stereocenters. The second kappa shape index (κ2) is 12.1. The van der Waals surface area contributed by atoms with Crippen LogP contribution in [-0.2, 0) is 11.0 Å². The van der Waals surface area contributed by atoms with Gasteiger partial charge in [-0.25, -0.2) is 0 Å². The average molecular weight is 495 g/mol. The van der Waals surface area contributed by atoms with E-state index in [-0.39, 0.29) is 11.8 Å². The van der Waals surface area contributed by atoms with Gasteiger partial charge in [-0.3, -0.25) is 4.57 Å². The first-order valence-electron chi connectivity index (χ1n) is 13.0. The van der Waals surface area contributed by atoms with Crippen LogP contribution >= 0.6 is 7.60 Å². The van der Waals surface area contributed by atoms with Crippen LogP contribution in [0.3, 0.4) is 0 Å². The summed E-state index contributed by atoms with van der Waals surface area (Å²) in [5, 5.41) is 0. The summed E-state index contributed by atoms with van der Waals surface area (Å²) in [6, 6.07) is 0. The predicted molar refractivity (Wildman–Crippen MR) is 141 cm³/mol. The molecular formula is C28H47O5P. The Hall–Kier alpha value is -1.29. The first kappa shape index (κ1) is 28.9. The van der Waals surface area contributed by atoms with Crippen molar-refractivity contribution in [3.8, 4) is 11.5 Å². The minimum absolute atomic E-state index is 0.270. The molecule has 1 aliphatic heterocycles. The third-order valence-corrected chi connectivity index (χ3v) is 8.07. The lowest BCUT2D eigenvalue weighted by Gasteiger charge is -2.37. The molecule has 0 aromatic heterocycles. The number of hydrogen-bond donors (Lipinski definition) is 2. The molecule has 1 heterocycles. The normalized spacial score (nSPS) is 20.3. The van der Waals surface area contributed by atoms with Crippen LogP contribution in [0, 0.1) is 32.6 Å². The molecule has 1 aromatic rings. The summed E-state index contributed by atoms with van der Waals surface area (Å²) in [6.45, 7) is 17.1. The first-order chi connectivity index (χ1) is 15.8. The number of ether oxygens (including phenoxy) is 2. The molecule has 0 amide bonds. The van der Waals surface area contributed by atoms with Crippen LogP contribution in [0.2, 0.25) is 0 Å². The second-order valence-corrected chi connectivity index (χ2v) is 12.7. The van der Waals surface area contributed by atoms with E-state index < -0.39 is 13.7 Å². The maximum atomic E-state index is 11.5. The van der Waals surface area contributed by atoms with Gasteiger partial charge >= 0.3 is 7.60 Å². The van der Waals surface area contributed by atoms with E-state index >= 15 is 0 Å². The van der Waals surface area contributed by atoms with Crippen molar-refractivity contribution in [2.75, 3.05) is 6.16 Å². The molecule has 0 fully saturated rings. The van der Waals surface area contributed by atoms with Crippen molar-refractivity contribution < 1.29 is 23.8 Å². The van der Waals surface area contributed by atoms with E-state index in [9.17, 15) is 14.4 Å². The molecule has 0 spiro atoms. The van der Waals surface area contributed by atoms with Crippen molar-refractivity contribution in [1.82, 2.24) is 0 Å². The van der Waals surface area contributed by atoms with Gasteiger partial charge in [-0.1, -0.05) is 53.0 Å². The maximum absolute atomic E-state index is 11.5. The molecule has 6 heteroatoms. The lowest BCUT2D eigenvalue weighted by molar-refractivity contribution is 0.112. The highest BCUT2D eigenvalue weighted by atomic mass is 31.2. The van der Waals surface area contributed by atoms with Gasteiger partial charge in [-0.15, -0.1) is 0 Å². The van der Waals surface area contributed by atoms with Crippen molar-refractivity contribution in [3.63, 3.8) is 0 Å². The highest BCUT2D eigenvalue weighted by Crippen LogP contribution is 2.45. The molecule has 3 unspecified atom stereocenters. The van der Waals surface area contributed by atoms with Gasteiger partial charge in [0.2, 0.25) is 0 Å². The Balaban J connectivity index is 2.16. The minimum atomic E-state index is -4.14. The van der Waals surface area contributed by atoms with Crippen LogP contribution in [0.4, 0.5) is 0 Å². The highest BCUT2D eigenvalue weighted by molar-refractivity contribution is 7.51. The quantitative estimate of drug-likeness (QED) is 0.233. The van der Waals surface area contributed by atoms with Crippen molar-refractivity contribution in [2.45, 2.75) is 112 Å². The van der Waals surface area contributed by atoms with E-state index in [0.717, 1.165) is 58.9 Å². The van der Waals surface area contributed by atoms with Gasteiger partial charge in [-0.2, -0.15) is 0 Å². The topological polar surface area (TPSA) is 76.0 Å². The van der Waals surface area contributed by atoms with Crippen LogP contribution in [0.15, 0.2) is 12.2 Å². The fraction of sp³-hybridized carbons (Fsp3) is 0.714. The minimum Gasteiger partial charge on any atom is -0.489 e. The van der Waals surface area contributed by atoms with E-state index in [1.54, 1.807) is 0 Å². The molecule has 1 aromatic carbocycles. The summed E-state index contributed by atoms with van der Waals surface area (Å²) in [6.07, 6.45) is 11.0. The molecule has 34 heavy (non-hydrogen) atoms. The Bertz CT molecular complexity index is 901. The second-order valence-electron chi connectivity index (χ2n) is 11.0. The SMILES string of the molecule is CCC(CP(=O)(O)O)Oc1c(C)c(C)c2c(c1C)CCC(C)(/C=C/CC(C)CCCC(C)C)O2. The number of benzene rings is 1. The monoisotopic (exact) mass is 494 g/mol. The Kier molecular flexibility index (Phi) is 10.3. The molecule has 5 nitrogen and oxygen atoms in total. The van der Waals surface area contributed by atoms with E-state index in [0.29, 0.717) is 12.3 Å². The summed E-state index contributed by atoms with van der Waals surface area (Å²) < 4.78 is 24.3. The fourth-order valence-corrected chi connectivity index (χ4v) is 5.63. The van der Waals surface area contributed by atoms with Crippen molar-refractivity contribution in [3.05, 3.63) is 34.4 Å². The molecular weight excluding hydrogens is 447 g/mol. The van der Waals surface area contributed by atoms with Crippen molar-refractivity contribution in [1.29, 1.82) is 0 Å². The summed E-state index contributed by atoms with van der Waals surface area (Å²) >= 11 is 0. The van der Waals surface area contributed by atoms with Crippen molar-refractivity contribution >= 4 is 7.60 Å². The number of allylic oxidation sites excluding steroid dienone is 1. The molecule has 1 aliphatic rings. The molecule has 2 rings (SSSR count). The van der Waals surface area contributed by atoms with E-state index in [4.69, 9.17) is 9.47 Å². The van der Waals surface area contributed by atoms with E-state index in [2.05, 4.69) is 46.8 Å². The molecule has 194 valence electrons. The van der Waals surface area contributed by atoms with Crippen LogP contribution in [0.25, 0.3) is 0 Å². The number of hydrogen-bond acceptors (Lipinski definition) is 3. The molecule has 2 N–H and O–H groups in total. The third-order valence-electron chi connectivity index (χ3n) is 7.19. The average Bonchev–Trinajstić information content (AvgIpc) is 2.73. The van der Waals surface area contributed by atoms with Gasteiger partial charge in [0.15, 0.2) is 0 Å². The fourth-order valence-electron chi connectivity index (χ4n) is 4.77. The number of rotatable bonds is 12. The van der Waals surface area contributed by atoms with Crippen LogP contribution < -0.4 is 9.47 Å². The zero-order chi connectivity index (χ0) is 25.7. The molecule has 0 bridgehead atoms. The predicted octanol–water partition coefficient (Wildman–Crippen LogP) is 7.44. The number of fused-ring (bicyclic) bond motifs is 1. The van der Waals surface area contributed by atoms with Crippen molar-refractivity contribution in [2.24, 2.45) is 11.8 Å². The molecule has 0 aliphatic carbocycles. The van der Waals surface area contributed by atoms with Crippen LogP contribution in [-0.4, -0.2) is 27.7 Å². The smallest absolute Gasteiger partial charge is 0.329 e. The van der Waals surface area contributed by atoms with Gasteiger partial charge < -0.3 is 19.3 Å². The molecule has 0 radical (unpaired) electrons. The van der Waals surface area contributed by atoms with Gasteiger partial charge in [0.25, 0.3) is 0 Å². The first-order valence-corrected chi connectivity index (χ1v) is 14.8. The largest absolute Gasteiger partial charge is 0.489 e. The van der Waals surface area contributed by atoms with Gasteiger partial charge in [0.05, 0.1) is 6.16 Å². The lowest BCUT2D eigenvalue weighted by Crippen LogP contribution is -2.35. The van der Waals surface area contributed by atoms with Gasteiger partial charge in [0.1, 0.15) is 23.2 Å². The summed E-state index contributed by atoms with van der Waals surface area (Å²) in [4.78, 5) is 18.8. The standard InChI is InChI=1S/C28H47O5P/c1-9-24(18-34(29,30)31)32-26-21(5)22(6)27-25(23(26)7)15-17-28(8,33-27)16-11-14-20(4)13-10-12-19(2)3/h11,16,19-20,24H,9-10,12-15,17-18H2,1-8H3,(H2,29,30,31)/b16-11+. The maximum Gasteiger partial charge on any atom is 0.329 e. The van der Waals surface area contributed by atoms with Gasteiger partial charge in [-0.05, 0) is 88.0 Å².